The average molecular weight is 402 g/mol. The predicted molar refractivity (Wildman–Crippen MR) is 118 cm³/mol. The minimum atomic E-state index is -0.0376. The molecule has 5 nitrogen and oxygen atoms in total. The van der Waals surface area contributed by atoms with E-state index in [2.05, 4.69) is 47.4 Å². The molecule has 1 atom stereocenters. The molecular formula is C24H39N3O2. The fourth-order valence-electron chi connectivity index (χ4n) is 4.65. The van der Waals surface area contributed by atoms with Crippen molar-refractivity contribution in [3.8, 4) is 5.75 Å². The monoisotopic (exact) mass is 401 g/mol. The first-order valence-electron chi connectivity index (χ1n) is 11.4. The van der Waals surface area contributed by atoms with Gasteiger partial charge in [0, 0.05) is 19.0 Å². The standard InChI is InChI=1S/C24H39N3O2/c1-19(17-25-24(28)16-20-7-4-5-8-20)29-23-10-6-9-21(15-23)18-27(3)22-11-13-26(2)14-12-22/h6,9-10,15,19-20,22H,4-5,7-8,11-14,16-18H2,1-3H3,(H,25,28)/t19-/m1/s1. The van der Waals surface area contributed by atoms with E-state index in [0.29, 0.717) is 24.9 Å². The molecule has 2 aliphatic rings. The second-order valence-corrected chi connectivity index (χ2v) is 9.18. The lowest BCUT2D eigenvalue weighted by Crippen LogP contribution is -2.41. The van der Waals surface area contributed by atoms with Crippen molar-refractivity contribution in [1.29, 1.82) is 0 Å². The van der Waals surface area contributed by atoms with Gasteiger partial charge in [-0.15, -0.1) is 0 Å². The Hall–Kier alpha value is -1.59. The summed E-state index contributed by atoms with van der Waals surface area (Å²) in [6.07, 6.45) is 8.08. The molecule has 162 valence electrons. The van der Waals surface area contributed by atoms with Crippen LogP contribution in [0.15, 0.2) is 24.3 Å². The van der Waals surface area contributed by atoms with Gasteiger partial charge < -0.3 is 15.0 Å². The van der Waals surface area contributed by atoms with Crippen molar-refractivity contribution in [2.75, 3.05) is 33.7 Å². The number of likely N-dealkylation sites (tertiary alicyclic amines) is 1. The molecule has 0 unspecified atom stereocenters. The molecule has 2 fully saturated rings. The molecule has 1 N–H and O–H groups in total. The number of carbonyl (C=O) groups excluding carboxylic acids is 1. The topological polar surface area (TPSA) is 44.8 Å². The number of nitrogens with one attached hydrogen (secondary N) is 1. The largest absolute Gasteiger partial charge is 0.489 e. The number of carbonyl (C=O) groups is 1. The van der Waals surface area contributed by atoms with E-state index in [1.165, 1.54) is 57.2 Å². The van der Waals surface area contributed by atoms with Crippen LogP contribution in [-0.4, -0.2) is 61.6 Å². The summed E-state index contributed by atoms with van der Waals surface area (Å²) < 4.78 is 6.08. The molecule has 1 aliphatic heterocycles. The van der Waals surface area contributed by atoms with E-state index >= 15 is 0 Å². The molecule has 1 aromatic rings. The quantitative estimate of drug-likeness (QED) is 0.686. The summed E-state index contributed by atoms with van der Waals surface area (Å²) in [6, 6.07) is 9.05. The first-order chi connectivity index (χ1) is 14.0. The number of piperidine rings is 1. The number of rotatable bonds is 9. The summed E-state index contributed by atoms with van der Waals surface area (Å²) in [5.74, 6) is 1.64. The lowest BCUT2D eigenvalue weighted by molar-refractivity contribution is -0.122. The summed E-state index contributed by atoms with van der Waals surface area (Å²) >= 11 is 0. The molecule has 0 spiro atoms. The summed E-state index contributed by atoms with van der Waals surface area (Å²) in [7, 11) is 4.43. The van der Waals surface area contributed by atoms with Crippen molar-refractivity contribution in [1.82, 2.24) is 15.1 Å². The van der Waals surface area contributed by atoms with Gasteiger partial charge in [0.2, 0.25) is 5.91 Å². The van der Waals surface area contributed by atoms with Crippen molar-refractivity contribution in [3.63, 3.8) is 0 Å². The molecule has 1 aromatic carbocycles. The van der Waals surface area contributed by atoms with E-state index in [1.807, 2.05) is 13.0 Å². The molecule has 3 rings (SSSR count). The fourth-order valence-corrected chi connectivity index (χ4v) is 4.65. The molecule has 1 amide bonds. The zero-order chi connectivity index (χ0) is 20.6. The molecule has 0 radical (unpaired) electrons. The second kappa shape index (κ2) is 11.0. The third-order valence-electron chi connectivity index (χ3n) is 6.51. The Kier molecular flexibility index (Phi) is 8.37. The Morgan fingerprint density at radius 2 is 1.97 bits per heavy atom. The van der Waals surface area contributed by atoms with E-state index in [9.17, 15) is 4.79 Å². The third-order valence-corrected chi connectivity index (χ3v) is 6.51. The van der Waals surface area contributed by atoms with Gasteiger partial charge >= 0.3 is 0 Å². The summed E-state index contributed by atoms with van der Waals surface area (Å²) in [4.78, 5) is 17.0. The first-order valence-corrected chi connectivity index (χ1v) is 11.4. The van der Waals surface area contributed by atoms with Crippen LogP contribution in [-0.2, 0) is 11.3 Å². The molecule has 1 aliphatic carbocycles. The lowest BCUT2D eigenvalue weighted by Gasteiger charge is -2.35. The van der Waals surface area contributed by atoms with Gasteiger partial charge in [-0.1, -0.05) is 25.0 Å². The number of ether oxygens (including phenoxy) is 1. The lowest BCUT2D eigenvalue weighted by atomic mass is 10.0. The normalized spacial score (nSPS) is 20.1. The third kappa shape index (κ3) is 7.31. The SMILES string of the molecule is C[C@H](CNC(=O)CC1CCCC1)Oc1cccc(CN(C)C2CCN(C)CC2)c1. The van der Waals surface area contributed by atoms with Crippen LogP contribution >= 0.6 is 0 Å². The van der Waals surface area contributed by atoms with Crippen LogP contribution in [0.25, 0.3) is 0 Å². The number of benzene rings is 1. The maximum Gasteiger partial charge on any atom is 0.220 e. The first kappa shape index (κ1) is 22.1. The van der Waals surface area contributed by atoms with Crippen molar-refractivity contribution >= 4 is 5.91 Å². The predicted octanol–water partition coefficient (Wildman–Crippen LogP) is 3.68. The summed E-state index contributed by atoms with van der Waals surface area (Å²) in [6.45, 7) is 5.89. The Labute approximate surface area is 176 Å². The van der Waals surface area contributed by atoms with Gasteiger partial charge in [0.05, 0.1) is 6.54 Å². The van der Waals surface area contributed by atoms with E-state index in [1.54, 1.807) is 0 Å². The average Bonchev–Trinajstić information content (AvgIpc) is 3.20. The Bertz CT molecular complexity index is 637. The summed E-state index contributed by atoms with van der Waals surface area (Å²) in [5.41, 5.74) is 1.28. The van der Waals surface area contributed by atoms with E-state index in [4.69, 9.17) is 4.74 Å². The van der Waals surface area contributed by atoms with Gasteiger partial charge in [0.25, 0.3) is 0 Å². The van der Waals surface area contributed by atoms with Crippen LogP contribution in [0.2, 0.25) is 0 Å². The van der Waals surface area contributed by atoms with Gasteiger partial charge in [-0.05, 0) is 83.4 Å². The van der Waals surface area contributed by atoms with Crippen LogP contribution in [0.1, 0.15) is 57.4 Å². The van der Waals surface area contributed by atoms with Crippen LogP contribution in [0.5, 0.6) is 5.75 Å². The smallest absolute Gasteiger partial charge is 0.220 e. The highest BCUT2D eigenvalue weighted by molar-refractivity contribution is 5.76. The number of hydrogen-bond acceptors (Lipinski definition) is 4. The van der Waals surface area contributed by atoms with Crippen LogP contribution < -0.4 is 10.1 Å². The summed E-state index contributed by atoms with van der Waals surface area (Å²) in [5, 5.41) is 3.05. The Balaban J connectivity index is 1.41. The highest BCUT2D eigenvalue weighted by Gasteiger charge is 2.21. The highest BCUT2D eigenvalue weighted by Crippen LogP contribution is 2.27. The second-order valence-electron chi connectivity index (χ2n) is 9.18. The van der Waals surface area contributed by atoms with Gasteiger partial charge in [-0.25, -0.2) is 0 Å². The van der Waals surface area contributed by atoms with Crippen LogP contribution in [0.4, 0.5) is 0 Å². The van der Waals surface area contributed by atoms with Gasteiger partial charge in [0.15, 0.2) is 0 Å². The zero-order valence-electron chi connectivity index (χ0n) is 18.5. The maximum absolute atomic E-state index is 12.1. The van der Waals surface area contributed by atoms with E-state index in [-0.39, 0.29) is 12.0 Å². The maximum atomic E-state index is 12.1. The van der Waals surface area contributed by atoms with Crippen molar-refractivity contribution in [3.05, 3.63) is 29.8 Å². The minimum absolute atomic E-state index is 0.0376. The highest BCUT2D eigenvalue weighted by atomic mass is 16.5. The number of amides is 1. The molecule has 29 heavy (non-hydrogen) atoms. The Morgan fingerprint density at radius 3 is 2.69 bits per heavy atom. The van der Waals surface area contributed by atoms with Gasteiger partial charge in [-0.3, -0.25) is 9.69 Å². The zero-order valence-corrected chi connectivity index (χ0v) is 18.5. The van der Waals surface area contributed by atoms with Crippen LogP contribution in [0.3, 0.4) is 0 Å². The number of nitrogens with zero attached hydrogens (tertiary/aromatic N) is 2. The molecule has 1 saturated heterocycles. The van der Waals surface area contributed by atoms with Crippen molar-refractivity contribution < 1.29 is 9.53 Å². The van der Waals surface area contributed by atoms with E-state index < -0.39 is 0 Å². The van der Waals surface area contributed by atoms with Crippen molar-refractivity contribution in [2.24, 2.45) is 5.92 Å². The van der Waals surface area contributed by atoms with Crippen LogP contribution in [0, 0.1) is 5.92 Å². The molecule has 1 saturated carbocycles. The molecule has 0 bridgehead atoms. The van der Waals surface area contributed by atoms with E-state index in [0.717, 1.165) is 12.3 Å². The van der Waals surface area contributed by atoms with Gasteiger partial charge in [0.1, 0.15) is 11.9 Å². The number of hydrogen-bond donors (Lipinski definition) is 1. The van der Waals surface area contributed by atoms with Gasteiger partial charge in [-0.2, -0.15) is 0 Å². The Morgan fingerprint density at radius 1 is 1.24 bits per heavy atom. The molecule has 1 heterocycles. The van der Waals surface area contributed by atoms with Crippen molar-refractivity contribution in [2.45, 2.75) is 70.6 Å². The molecular weight excluding hydrogens is 362 g/mol. The minimum Gasteiger partial charge on any atom is -0.489 e. The molecule has 5 heteroatoms. The fraction of sp³-hybridized carbons (Fsp3) is 0.708. The molecule has 0 aromatic heterocycles.